The Morgan fingerprint density at radius 1 is 1.40 bits per heavy atom. The number of esters is 1. The van der Waals surface area contributed by atoms with Gasteiger partial charge in [0.1, 0.15) is 11.7 Å². The number of aliphatic hydroxyl groups is 2. The Hall–Kier alpha value is -1.44. The van der Waals surface area contributed by atoms with Crippen molar-refractivity contribution in [2.45, 2.75) is 56.6 Å². The van der Waals surface area contributed by atoms with Crippen molar-refractivity contribution in [2.24, 2.45) is 0 Å². The van der Waals surface area contributed by atoms with Crippen LogP contribution in [0.5, 0.6) is 0 Å². The van der Waals surface area contributed by atoms with Crippen LogP contribution < -0.4 is 5.32 Å². The van der Waals surface area contributed by atoms with E-state index in [4.69, 9.17) is 4.74 Å². The molecule has 7 nitrogen and oxygen atoms in total. The summed E-state index contributed by atoms with van der Waals surface area (Å²) < 4.78 is 5.22. The summed E-state index contributed by atoms with van der Waals surface area (Å²) in [6.07, 6.45) is -1.21. The average Bonchev–Trinajstić information content (AvgIpc) is 2.50. The van der Waals surface area contributed by atoms with Crippen molar-refractivity contribution in [3.05, 3.63) is 11.6 Å². The van der Waals surface area contributed by atoms with E-state index in [-0.39, 0.29) is 12.0 Å². The van der Waals surface area contributed by atoms with E-state index in [2.05, 4.69) is 5.32 Å². The molecule has 4 unspecified atom stereocenters. The van der Waals surface area contributed by atoms with Gasteiger partial charge in [-0.05, 0) is 27.2 Å². The van der Waals surface area contributed by atoms with E-state index in [1.54, 1.807) is 20.8 Å². The Kier molecular flexibility index (Phi) is 3.40. The Balaban J connectivity index is 2.46. The lowest BCUT2D eigenvalue weighted by atomic mass is 9.84. The molecule has 20 heavy (non-hydrogen) atoms. The maximum Gasteiger partial charge on any atom is 0.334 e. The topological polar surface area (TPSA) is 116 Å². The standard InChI is InChI=1S/C13H19NO6/c1-12(2,3)20-11(19)13-6(10(17)18)4-5-7(14-13)8(15)9(13)16/h4,7-9,14-16H,5H2,1-3H3,(H,17,18). The number of carbonyl (C=O) groups excluding carboxylic acids is 1. The highest BCUT2D eigenvalue weighted by Crippen LogP contribution is 2.39. The number of hydrogen-bond acceptors (Lipinski definition) is 6. The van der Waals surface area contributed by atoms with Crippen LogP contribution in [0.1, 0.15) is 27.2 Å². The van der Waals surface area contributed by atoms with Gasteiger partial charge >= 0.3 is 11.9 Å². The second-order valence-corrected chi connectivity index (χ2v) is 6.15. The quantitative estimate of drug-likeness (QED) is 0.490. The summed E-state index contributed by atoms with van der Waals surface area (Å²) in [5.74, 6) is -2.22. The van der Waals surface area contributed by atoms with E-state index < -0.39 is 41.3 Å². The third kappa shape index (κ3) is 2.11. The maximum atomic E-state index is 12.4. The van der Waals surface area contributed by atoms with Gasteiger partial charge < -0.3 is 20.1 Å². The first-order valence-corrected chi connectivity index (χ1v) is 6.41. The summed E-state index contributed by atoms with van der Waals surface area (Å²) in [6.45, 7) is 4.93. The third-order valence-electron chi connectivity index (χ3n) is 3.54. The van der Waals surface area contributed by atoms with Crippen molar-refractivity contribution in [3.8, 4) is 0 Å². The third-order valence-corrected chi connectivity index (χ3v) is 3.54. The van der Waals surface area contributed by atoms with Gasteiger partial charge in [0.05, 0.1) is 11.7 Å². The molecule has 2 aliphatic heterocycles. The van der Waals surface area contributed by atoms with Crippen molar-refractivity contribution in [1.82, 2.24) is 5.32 Å². The summed E-state index contributed by atoms with van der Waals surface area (Å²) in [5.41, 5.74) is -3.04. The molecule has 7 heteroatoms. The van der Waals surface area contributed by atoms with Crippen LogP contribution >= 0.6 is 0 Å². The zero-order chi connectivity index (χ0) is 15.3. The van der Waals surface area contributed by atoms with Crippen molar-refractivity contribution >= 4 is 11.9 Å². The number of aliphatic carboxylic acids is 1. The van der Waals surface area contributed by atoms with Crippen LogP contribution in [0.3, 0.4) is 0 Å². The fraction of sp³-hybridized carbons (Fsp3) is 0.692. The van der Waals surface area contributed by atoms with Crippen LogP contribution in [0, 0.1) is 0 Å². The first kappa shape index (κ1) is 15.0. The number of aliphatic hydroxyl groups excluding tert-OH is 2. The zero-order valence-electron chi connectivity index (χ0n) is 11.6. The summed E-state index contributed by atoms with van der Waals surface area (Å²) in [7, 11) is 0. The predicted molar refractivity (Wildman–Crippen MR) is 67.8 cm³/mol. The molecule has 112 valence electrons. The number of carboxylic acids is 1. The van der Waals surface area contributed by atoms with Gasteiger partial charge in [0.15, 0.2) is 5.54 Å². The zero-order valence-corrected chi connectivity index (χ0v) is 11.6. The molecule has 2 heterocycles. The van der Waals surface area contributed by atoms with Gasteiger partial charge in [0, 0.05) is 6.04 Å². The highest BCUT2D eigenvalue weighted by Gasteiger charge is 2.63. The van der Waals surface area contributed by atoms with Crippen LogP contribution in [0.2, 0.25) is 0 Å². The van der Waals surface area contributed by atoms with Crippen molar-refractivity contribution in [2.75, 3.05) is 0 Å². The minimum absolute atomic E-state index is 0.227. The normalized spacial score (nSPS) is 36.5. The van der Waals surface area contributed by atoms with Crippen molar-refractivity contribution < 1.29 is 29.6 Å². The van der Waals surface area contributed by atoms with Crippen molar-refractivity contribution in [1.29, 1.82) is 0 Å². The number of fused-ring (bicyclic) bond motifs is 2. The largest absolute Gasteiger partial charge is 0.478 e. The number of carboxylic acid groups (broad SMARTS) is 1. The molecule has 1 fully saturated rings. The number of carbonyl (C=O) groups is 2. The van der Waals surface area contributed by atoms with Crippen LogP contribution in [0.4, 0.5) is 0 Å². The van der Waals surface area contributed by atoms with Gasteiger partial charge in [-0.2, -0.15) is 0 Å². The Bertz CT molecular complexity index is 480. The number of ether oxygens (including phenoxy) is 1. The van der Waals surface area contributed by atoms with Gasteiger partial charge in [-0.1, -0.05) is 6.08 Å². The number of rotatable bonds is 2. The monoisotopic (exact) mass is 285 g/mol. The van der Waals surface area contributed by atoms with E-state index in [0.717, 1.165) is 0 Å². The second-order valence-electron chi connectivity index (χ2n) is 6.15. The fourth-order valence-corrected chi connectivity index (χ4v) is 2.68. The maximum absolute atomic E-state index is 12.4. The molecule has 2 rings (SSSR count). The Morgan fingerprint density at radius 2 is 2.00 bits per heavy atom. The lowest BCUT2D eigenvalue weighted by Crippen LogP contribution is -2.62. The molecule has 0 aliphatic carbocycles. The van der Waals surface area contributed by atoms with E-state index in [1.807, 2.05) is 0 Å². The van der Waals surface area contributed by atoms with E-state index in [0.29, 0.717) is 0 Å². The molecule has 4 atom stereocenters. The molecule has 1 saturated heterocycles. The van der Waals surface area contributed by atoms with Gasteiger partial charge in [-0.25, -0.2) is 9.59 Å². The molecular weight excluding hydrogens is 266 g/mol. The first-order chi connectivity index (χ1) is 9.09. The van der Waals surface area contributed by atoms with Crippen LogP contribution in [0.15, 0.2) is 11.6 Å². The number of nitrogens with one attached hydrogen (secondary N) is 1. The summed E-state index contributed by atoms with van der Waals surface area (Å²) in [4.78, 5) is 23.8. The lowest BCUT2D eigenvalue weighted by molar-refractivity contribution is -0.167. The van der Waals surface area contributed by atoms with Crippen LogP contribution in [0.25, 0.3) is 0 Å². The molecule has 0 amide bonds. The molecule has 0 aromatic carbocycles. The Labute approximate surface area is 116 Å². The molecular formula is C13H19NO6. The summed E-state index contributed by atoms with van der Waals surface area (Å²) in [5, 5.41) is 32.1. The number of hydrogen-bond donors (Lipinski definition) is 4. The molecule has 4 N–H and O–H groups in total. The summed E-state index contributed by atoms with van der Waals surface area (Å²) in [6, 6.07) is -0.569. The molecule has 2 bridgehead atoms. The van der Waals surface area contributed by atoms with Gasteiger partial charge in [-0.3, -0.25) is 5.32 Å². The van der Waals surface area contributed by atoms with Gasteiger partial charge in [0.25, 0.3) is 0 Å². The van der Waals surface area contributed by atoms with E-state index in [9.17, 15) is 24.9 Å². The average molecular weight is 285 g/mol. The molecule has 0 radical (unpaired) electrons. The molecule has 0 spiro atoms. The molecule has 2 aliphatic rings. The molecule has 0 aromatic heterocycles. The van der Waals surface area contributed by atoms with E-state index in [1.165, 1.54) is 6.08 Å². The summed E-state index contributed by atoms with van der Waals surface area (Å²) >= 11 is 0. The minimum atomic E-state index is -1.92. The molecule has 0 saturated carbocycles. The fourth-order valence-electron chi connectivity index (χ4n) is 2.68. The van der Waals surface area contributed by atoms with Crippen LogP contribution in [-0.2, 0) is 14.3 Å². The minimum Gasteiger partial charge on any atom is -0.478 e. The lowest BCUT2D eigenvalue weighted by Gasteiger charge is -2.35. The SMILES string of the molecule is CC(C)(C)OC(=O)C12NC(CC=C1C(=O)O)C(O)C2O. The van der Waals surface area contributed by atoms with E-state index >= 15 is 0 Å². The van der Waals surface area contributed by atoms with Gasteiger partial charge in [0.2, 0.25) is 0 Å². The van der Waals surface area contributed by atoms with Crippen molar-refractivity contribution in [3.63, 3.8) is 0 Å². The highest BCUT2D eigenvalue weighted by atomic mass is 16.6. The Morgan fingerprint density at radius 3 is 2.50 bits per heavy atom. The first-order valence-electron chi connectivity index (χ1n) is 6.41. The second kappa shape index (κ2) is 4.54. The smallest absolute Gasteiger partial charge is 0.334 e. The van der Waals surface area contributed by atoms with Gasteiger partial charge in [-0.15, -0.1) is 0 Å². The highest BCUT2D eigenvalue weighted by molar-refractivity contribution is 6.01. The molecule has 0 aromatic rings. The predicted octanol–water partition coefficient (Wildman–Crippen LogP) is -0.825. The van der Waals surface area contributed by atoms with Crippen LogP contribution in [-0.4, -0.2) is 56.6 Å².